The second-order valence-corrected chi connectivity index (χ2v) is 6.40. The van der Waals surface area contributed by atoms with Crippen LogP contribution in [-0.2, 0) is 6.54 Å². The number of amides is 1. The van der Waals surface area contributed by atoms with Gasteiger partial charge in [-0.2, -0.15) is 5.10 Å². The van der Waals surface area contributed by atoms with E-state index in [1.165, 1.54) is 4.68 Å². The second kappa shape index (κ2) is 7.63. The monoisotopic (exact) mass is 391 g/mol. The molecule has 1 amide bonds. The molecule has 0 aliphatic carbocycles. The van der Waals surface area contributed by atoms with E-state index >= 15 is 0 Å². The highest BCUT2D eigenvalue weighted by Gasteiger charge is 2.18. The molecular weight excluding hydrogens is 376 g/mol. The van der Waals surface area contributed by atoms with Gasteiger partial charge >= 0.3 is 0 Å². The van der Waals surface area contributed by atoms with Crippen molar-refractivity contribution >= 4 is 16.8 Å². The number of aromatic nitrogens is 2. The summed E-state index contributed by atoms with van der Waals surface area (Å²) >= 11 is 0. The molecule has 3 aromatic carbocycles. The third-order valence-corrected chi connectivity index (χ3v) is 4.38. The number of halogens is 2. The first-order valence-corrected chi connectivity index (χ1v) is 8.83. The van der Waals surface area contributed by atoms with E-state index in [1.807, 2.05) is 18.2 Å². The first kappa shape index (κ1) is 18.5. The van der Waals surface area contributed by atoms with Gasteiger partial charge < -0.3 is 5.32 Å². The topological polar surface area (TPSA) is 64.0 Å². The SMILES string of the molecule is O=C(NCc1cc(F)cc(F)c1)c1nn(-c2ccccc2)c2ccccc2c1=O. The number of carbonyl (C=O) groups excluding carboxylic acids is 1. The molecule has 4 rings (SSSR count). The molecule has 0 radical (unpaired) electrons. The lowest BCUT2D eigenvalue weighted by atomic mass is 10.1. The fourth-order valence-corrected chi connectivity index (χ4v) is 3.07. The van der Waals surface area contributed by atoms with Gasteiger partial charge in [0.05, 0.1) is 16.6 Å². The van der Waals surface area contributed by atoms with E-state index in [0.29, 0.717) is 16.6 Å². The maximum Gasteiger partial charge on any atom is 0.276 e. The number of rotatable bonds is 4. The number of benzene rings is 3. The maximum absolute atomic E-state index is 13.3. The molecule has 144 valence electrons. The summed E-state index contributed by atoms with van der Waals surface area (Å²) in [4.78, 5) is 25.5. The van der Waals surface area contributed by atoms with Crippen LogP contribution in [-0.4, -0.2) is 15.7 Å². The van der Waals surface area contributed by atoms with Crippen LogP contribution in [0.2, 0.25) is 0 Å². The highest BCUT2D eigenvalue weighted by Crippen LogP contribution is 2.15. The number of fused-ring (bicyclic) bond motifs is 1. The summed E-state index contributed by atoms with van der Waals surface area (Å²) in [5.74, 6) is -2.22. The summed E-state index contributed by atoms with van der Waals surface area (Å²) in [6.45, 7) is -0.146. The van der Waals surface area contributed by atoms with Crippen molar-refractivity contribution in [3.8, 4) is 5.69 Å². The standard InChI is InChI=1S/C22H15F2N3O2/c23-15-10-14(11-16(24)12-15)13-25-22(29)20-21(28)18-8-4-5-9-19(18)27(26-20)17-6-2-1-3-7-17/h1-12H,13H2,(H,25,29). The van der Waals surface area contributed by atoms with E-state index in [2.05, 4.69) is 10.4 Å². The minimum Gasteiger partial charge on any atom is -0.346 e. The molecule has 4 aromatic rings. The van der Waals surface area contributed by atoms with Crippen LogP contribution in [0.25, 0.3) is 16.6 Å². The predicted octanol–water partition coefficient (Wildman–Crippen LogP) is 3.59. The van der Waals surface area contributed by atoms with Crippen molar-refractivity contribution in [3.05, 3.63) is 106 Å². The Kier molecular flexibility index (Phi) is 4.87. The smallest absolute Gasteiger partial charge is 0.276 e. The molecule has 0 atom stereocenters. The van der Waals surface area contributed by atoms with Gasteiger partial charge in [-0.15, -0.1) is 0 Å². The third kappa shape index (κ3) is 3.75. The number of carbonyl (C=O) groups is 1. The maximum atomic E-state index is 13.3. The quantitative estimate of drug-likeness (QED) is 0.578. The van der Waals surface area contributed by atoms with E-state index in [4.69, 9.17) is 0 Å². The zero-order valence-corrected chi connectivity index (χ0v) is 15.1. The van der Waals surface area contributed by atoms with Crippen LogP contribution in [0.1, 0.15) is 16.1 Å². The van der Waals surface area contributed by atoms with E-state index in [0.717, 1.165) is 18.2 Å². The lowest BCUT2D eigenvalue weighted by Crippen LogP contribution is -2.31. The molecule has 0 aliphatic heterocycles. The molecule has 0 fully saturated rings. The summed E-state index contributed by atoms with van der Waals surface area (Å²) in [6.07, 6.45) is 0. The largest absolute Gasteiger partial charge is 0.346 e. The molecule has 29 heavy (non-hydrogen) atoms. The van der Waals surface area contributed by atoms with E-state index in [9.17, 15) is 18.4 Å². The lowest BCUT2D eigenvalue weighted by Gasteiger charge is -2.12. The summed E-state index contributed by atoms with van der Waals surface area (Å²) in [5, 5.41) is 7.11. The molecule has 1 aromatic heterocycles. The van der Waals surface area contributed by atoms with Gasteiger partial charge in [0.15, 0.2) is 5.69 Å². The van der Waals surface area contributed by atoms with Crippen molar-refractivity contribution < 1.29 is 13.6 Å². The molecule has 1 heterocycles. The van der Waals surface area contributed by atoms with E-state index in [1.54, 1.807) is 36.4 Å². The van der Waals surface area contributed by atoms with Gasteiger partial charge in [0.1, 0.15) is 11.6 Å². The van der Waals surface area contributed by atoms with Crippen molar-refractivity contribution in [2.45, 2.75) is 6.54 Å². The summed E-state index contributed by atoms with van der Waals surface area (Å²) in [6, 6.07) is 18.9. The van der Waals surface area contributed by atoms with Crippen molar-refractivity contribution in [2.75, 3.05) is 0 Å². The third-order valence-electron chi connectivity index (χ3n) is 4.38. The number of para-hydroxylation sites is 2. The first-order valence-electron chi connectivity index (χ1n) is 8.83. The van der Waals surface area contributed by atoms with Crippen LogP contribution >= 0.6 is 0 Å². The molecular formula is C22H15F2N3O2. The van der Waals surface area contributed by atoms with Crippen LogP contribution in [0.3, 0.4) is 0 Å². The Labute approximate surface area is 164 Å². The van der Waals surface area contributed by atoms with Gasteiger partial charge in [0, 0.05) is 12.6 Å². The fourth-order valence-electron chi connectivity index (χ4n) is 3.07. The minimum atomic E-state index is -0.746. The Morgan fingerprint density at radius 3 is 2.31 bits per heavy atom. The normalized spacial score (nSPS) is 10.8. The van der Waals surface area contributed by atoms with Crippen molar-refractivity contribution in [1.82, 2.24) is 15.1 Å². The highest BCUT2D eigenvalue weighted by atomic mass is 19.1. The minimum absolute atomic E-state index is 0.146. The number of nitrogens with one attached hydrogen (secondary N) is 1. The Balaban J connectivity index is 1.74. The Morgan fingerprint density at radius 1 is 0.931 bits per heavy atom. The average Bonchev–Trinajstić information content (AvgIpc) is 2.72. The van der Waals surface area contributed by atoms with Crippen molar-refractivity contribution in [3.63, 3.8) is 0 Å². The number of nitrogens with zero attached hydrogens (tertiary/aromatic N) is 2. The van der Waals surface area contributed by atoms with Crippen LogP contribution in [0.4, 0.5) is 8.78 Å². The van der Waals surface area contributed by atoms with Crippen LogP contribution in [0.15, 0.2) is 77.6 Å². The molecule has 0 bridgehead atoms. The highest BCUT2D eigenvalue weighted by molar-refractivity contribution is 5.95. The predicted molar refractivity (Wildman–Crippen MR) is 105 cm³/mol. The Bertz CT molecular complexity index is 1250. The molecule has 5 nitrogen and oxygen atoms in total. The number of hydrogen-bond donors (Lipinski definition) is 1. The molecule has 0 saturated heterocycles. The fraction of sp³-hybridized carbons (Fsp3) is 0.0455. The zero-order valence-electron chi connectivity index (χ0n) is 15.1. The van der Waals surface area contributed by atoms with Gasteiger partial charge in [0.2, 0.25) is 5.43 Å². The molecule has 1 N–H and O–H groups in total. The van der Waals surface area contributed by atoms with Crippen LogP contribution < -0.4 is 10.7 Å². The molecule has 0 unspecified atom stereocenters. The second-order valence-electron chi connectivity index (χ2n) is 6.40. The van der Waals surface area contributed by atoms with Crippen LogP contribution in [0, 0.1) is 11.6 Å². The van der Waals surface area contributed by atoms with Crippen molar-refractivity contribution in [1.29, 1.82) is 0 Å². The molecule has 7 heteroatoms. The van der Waals surface area contributed by atoms with Gasteiger partial charge in [0.25, 0.3) is 5.91 Å². The number of hydrogen-bond acceptors (Lipinski definition) is 3. The van der Waals surface area contributed by atoms with E-state index in [-0.39, 0.29) is 17.8 Å². The van der Waals surface area contributed by atoms with Gasteiger partial charge in [-0.05, 0) is 42.0 Å². The molecule has 0 spiro atoms. The average molecular weight is 391 g/mol. The van der Waals surface area contributed by atoms with Gasteiger partial charge in [-0.3, -0.25) is 9.59 Å². The van der Waals surface area contributed by atoms with Gasteiger partial charge in [-0.1, -0.05) is 30.3 Å². The lowest BCUT2D eigenvalue weighted by molar-refractivity contribution is 0.0943. The first-order chi connectivity index (χ1) is 14.0. The Hall–Kier alpha value is -3.87. The molecule has 0 aliphatic rings. The summed E-state index contributed by atoms with van der Waals surface area (Å²) < 4.78 is 28.2. The summed E-state index contributed by atoms with van der Waals surface area (Å²) in [5.41, 5.74) is 0.664. The Morgan fingerprint density at radius 2 is 1.59 bits per heavy atom. The summed E-state index contributed by atoms with van der Waals surface area (Å²) in [7, 11) is 0. The van der Waals surface area contributed by atoms with Gasteiger partial charge in [-0.25, -0.2) is 13.5 Å². The van der Waals surface area contributed by atoms with E-state index < -0.39 is 23.0 Å². The zero-order chi connectivity index (χ0) is 20.4. The van der Waals surface area contributed by atoms with Crippen molar-refractivity contribution in [2.24, 2.45) is 0 Å². The van der Waals surface area contributed by atoms with Crippen LogP contribution in [0.5, 0.6) is 0 Å². The molecule has 0 saturated carbocycles.